The molecule has 1 saturated heterocycles. The molecule has 11 heteroatoms. The number of rotatable bonds is 7. The number of anilines is 2. The zero-order valence-corrected chi connectivity index (χ0v) is 22.1. The Balaban J connectivity index is 1.58. The Morgan fingerprint density at radius 3 is 2.61 bits per heavy atom. The van der Waals surface area contributed by atoms with Crippen LogP contribution in [0, 0.1) is 6.92 Å². The van der Waals surface area contributed by atoms with Crippen LogP contribution in [-0.2, 0) is 10.0 Å². The molecular formula is C27H24N4O5S2. The highest BCUT2D eigenvalue weighted by Crippen LogP contribution is 2.43. The highest BCUT2D eigenvalue weighted by molar-refractivity contribution is 7.92. The molecule has 2 aromatic carbocycles. The molecule has 1 aliphatic heterocycles. The molecule has 38 heavy (non-hydrogen) atoms. The Morgan fingerprint density at radius 2 is 1.92 bits per heavy atom. The predicted octanol–water partition coefficient (Wildman–Crippen LogP) is 4.90. The van der Waals surface area contributed by atoms with Crippen molar-refractivity contribution in [3.05, 3.63) is 102 Å². The van der Waals surface area contributed by atoms with E-state index in [9.17, 15) is 18.3 Å². The van der Waals surface area contributed by atoms with Crippen LogP contribution in [0.25, 0.3) is 11.3 Å². The summed E-state index contributed by atoms with van der Waals surface area (Å²) in [4.78, 5) is 17.9. The maximum atomic E-state index is 11.8. The molecule has 0 radical (unpaired) electrons. The Hall–Kier alpha value is -4.22. The van der Waals surface area contributed by atoms with Gasteiger partial charge >= 0.3 is 5.97 Å². The van der Waals surface area contributed by atoms with Crippen molar-refractivity contribution in [3.8, 4) is 11.3 Å². The lowest BCUT2D eigenvalue weighted by Crippen LogP contribution is -2.29. The number of pyridine rings is 1. The fourth-order valence-corrected chi connectivity index (χ4v) is 5.48. The van der Waals surface area contributed by atoms with Crippen molar-refractivity contribution < 1.29 is 22.7 Å². The molecule has 2 atom stereocenters. The second-order valence-corrected chi connectivity index (χ2v) is 11.1. The number of hydrogen-bond acceptors (Lipinski definition) is 6. The van der Waals surface area contributed by atoms with Gasteiger partial charge in [0.2, 0.25) is 10.0 Å². The molecule has 2 aromatic heterocycles. The van der Waals surface area contributed by atoms with Gasteiger partial charge in [0.25, 0.3) is 0 Å². The second kappa shape index (κ2) is 9.92. The third-order valence-electron chi connectivity index (χ3n) is 6.19. The Kier molecular flexibility index (Phi) is 6.64. The number of carbonyl (C=O) groups is 1. The number of furan rings is 1. The molecule has 0 spiro atoms. The molecule has 3 N–H and O–H groups in total. The highest BCUT2D eigenvalue weighted by Gasteiger charge is 2.42. The highest BCUT2D eigenvalue weighted by atomic mass is 32.2. The van der Waals surface area contributed by atoms with Crippen molar-refractivity contribution in [1.29, 1.82) is 0 Å². The lowest BCUT2D eigenvalue weighted by molar-refractivity contribution is 0.0697. The summed E-state index contributed by atoms with van der Waals surface area (Å²) in [5, 5.41) is 13.2. The number of benzene rings is 2. The van der Waals surface area contributed by atoms with Crippen LogP contribution in [0.15, 0.2) is 83.4 Å². The maximum Gasteiger partial charge on any atom is 0.335 e. The van der Waals surface area contributed by atoms with E-state index in [1.165, 1.54) is 6.07 Å². The van der Waals surface area contributed by atoms with Gasteiger partial charge in [-0.25, -0.2) is 13.2 Å². The van der Waals surface area contributed by atoms with Crippen molar-refractivity contribution in [1.82, 2.24) is 10.3 Å². The smallest absolute Gasteiger partial charge is 0.335 e. The monoisotopic (exact) mass is 548 g/mol. The maximum absolute atomic E-state index is 11.8. The standard InChI is InChI=1S/C27H24N4O5S2/c1-16-14-19(9-10-20(16)30-38(2,34)35)31-25(24(29-27(31)37)21-8-3-4-13-28-21)23-12-11-22(36-23)17-6-5-7-18(15-17)26(32)33/h3-15,24-25,30H,1-2H3,(H,29,37)(H,32,33)/t24-,25+/m1/s1. The summed E-state index contributed by atoms with van der Waals surface area (Å²) in [5.41, 5.74) is 3.51. The van der Waals surface area contributed by atoms with Crippen LogP contribution in [0.5, 0.6) is 0 Å². The summed E-state index contributed by atoms with van der Waals surface area (Å²) < 4.78 is 32.3. The van der Waals surface area contributed by atoms with Gasteiger partial charge in [0, 0.05) is 17.4 Å². The molecule has 1 fully saturated rings. The Bertz CT molecular complexity index is 1640. The molecule has 0 unspecified atom stereocenters. The Morgan fingerprint density at radius 1 is 1.11 bits per heavy atom. The summed E-state index contributed by atoms with van der Waals surface area (Å²) in [7, 11) is -3.43. The summed E-state index contributed by atoms with van der Waals surface area (Å²) in [6.45, 7) is 1.81. The number of thiocarbonyl (C=S) groups is 1. The molecule has 0 aliphatic carbocycles. The first-order valence-corrected chi connectivity index (χ1v) is 13.9. The topological polar surface area (TPSA) is 125 Å². The van der Waals surface area contributed by atoms with E-state index in [1.54, 1.807) is 42.6 Å². The number of carboxylic acids is 1. The number of aryl methyl sites for hydroxylation is 1. The lowest BCUT2D eigenvalue weighted by Gasteiger charge is -2.26. The van der Waals surface area contributed by atoms with Gasteiger partial charge in [-0.1, -0.05) is 18.2 Å². The van der Waals surface area contributed by atoms with Crippen LogP contribution in [-0.4, -0.2) is 35.8 Å². The number of carboxylic acid groups (broad SMARTS) is 1. The predicted molar refractivity (Wildman–Crippen MR) is 149 cm³/mol. The van der Waals surface area contributed by atoms with Gasteiger partial charge in [0.1, 0.15) is 17.6 Å². The summed E-state index contributed by atoms with van der Waals surface area (Å²) in [6.07, 6.45) is 2.81. The van der Waals surface area contributed by atoms with Crippen molar-refractivity contribution in [2.45, 2.75) is 19.0 Å². The minimum atomic E-state index is -3.43. The van der Waals surface area contributed by atoms with Crippen LogP contribution in [0.4, 0.5) is 11.4 Å². The van der Waals surface area contributed by atoms with Crippen LogP contribution in [0.1, 0.15) is 39.5 Å². The van der Waals surface area contributed by atoms with Crippen LogP contribution in [0.3, 0.4) is 0 Å². The molecule has 1 aliphatic rings. The van der Waals surface area contributed by atoms with Gasteiger partial charge in [-0.05, 0) is 79.3 Å². The third kappa shape index (κ3) is 5.11. The third-order valence-corrected chi connectivity index (χ3v) is 7.10. The van der Waals surface area contributed by atoms with Gasteiger partial charge in [0.05, 0.1) is 29.2 Å². The van der Waals surface area contributed by atoms with E-state index in [1.807, 2.05) is 42.2 Å². The van der Waals surface area contributed by atoms with Crippen LogP contribution in [0.2, 0.25) is 0 Å². The van der Waals surface area contributed by atoms with E-state index in [-0.39, 0.29) is 11.6 Å². The number of aromatic carboxylic acids is 1. The molecule has 0 saturated carbocycles. The lowest BCUT2D eigenvalue weighted by atomic mass is 10.0. The van der Waals surface area contributed by atoms with E-state index < -0.39 is 22.0 Å². The fraction of sp³-hybridized carbons (Fsp3) is 0.148. The van der Waals surface area contributed by atoms with E-state index in [4.69, 9.17) is 16.6 Å². The van der Waals surface area contributed by atoms with Gasteiger partial charge in [-0.15, -0.1) is 0 Å². The minimum Gasteiger partial charge on any atom is -0.478 e. The molecule has 194 valence electrons. The number of nitrogens with zero attached hydrogens (tertiary/aromatic N) is 2. The van der Waals surface area contributed by atoms with Gasteiger partial charge in [0.15, 0.2) is 5.11 Å². The van der Waals surface area contributed by atoms with Gasteiger partial charge in [-0.2, -0.15) is 0 Å². The van der Waals surface area contributed by atoms with Gasteiger partial charge < -0.3 is 19.7 Å². The zero-order chi connectivity index (χ0) is 27.0. The van der Waals surface area contributed by atoms with Crippen LogP contribution >= 0.6 is 12.2 Å². The van der Waals surface area contributed by atoms with E-state index in [0.717, 1.165) is 23.2 Å². The molecule has 9 nitrogen and oxygen atoms in total. The molecule has 0 bridgehead atoms. The SMILES string of the molecule is Cc1cc(N2C(=S)N[C@H](c3ccccn3)[C@@H]2c2ccc(-c3cccc(C(=O)O)c3)o2)ccc1NS(C)(=O)=O. The largest absolute Gasteiger partial charge is 0.478 e. The number of hydrogen-bond donors (Lipinski definition) is 3. The molecule has 3 heterocycles. The molecule has 0 amide bonds. The van der Waals surface area contributed by atoms with E-state index >= 15 is 0 Å². The molecular weight excluding hydrogens is 524 g/mol. The van der Waals surface area contributed by atoms with Gasteiger partial charge in [-0.3, -0.25) is 9.71 Å². The average molecular weight is 549 g/mol. The first-order valence-electron chi connectivity index (χ1n) is 11.6. The summed E-state index contributed by atoms with van der Waals surface area (Å²) in [5.74, 6) is 0.0961. The Labute approximate surface area is 225 Å². The summed E-state index contributed by atoms with van der Waals surface area (Å²) in [6, 6.07) is 20.4. The van der Waals surface area contributed by atoms with Crippen molar-refractivity contribution in [2.24, 2.45) is 0 Å². The fourth-order valence-electron chi connectivity index (χ4n) is 4.51. The van der Waals surface area contributed by atoms with E-state index in [0.29, 0.717) is 27.9 Å². The van der Waals surface area contributed by atoms with Crippen molar-refractivity contribution in [3.63, 3.8) is 0 Å². The number of aromatic nitrogens is 1. The minimum absolute atomic E-state index is 0.162. The van der Waals surface area contributed by atoms with Crippen molar-refractivity contribution >= 4 is 44.7 Å². The van der Waals surface area contributed by atoms with E-state index in [2.05, 4.69) is 15.0 Å². The first-order chi connectivity index (χ1) is 18.1. The first kappa shape index (κ1) is 25.4. The normalized spacial score (nSPS) is 17.3. The quantitative estimate of drug-likeness (QED) is 0.277. The average Bonchev–Trinajstić information content (AvgIpc) is 3.50. The van der Waals surface area contributed by atoms with Crippen molar-refractivity contribution in [2.75, 3.05) is 15.9 Å². The molecule has 4 aromatic rings. The number of nitrogens with one attached hydrogen (secondary N) is 2. The van der Waals surface area contributed by atoms with Crippen LogP contribution < -0.4 is 14.9 Å². The molecule has 5 rings (SSSR count). The summed E-state index contributed by atoms with van der Waals surface area (Å²) >= 11 is 5.76. The number of sulfonamides is 1. The zero-order valence-electron chi connectivity index (χ0n) is 20.5. The second-order valence-electron chi connectivity index (χ2n) is 8.96.